The summed E-state index contributed by atoms with van der Waals surface area (Å²) in [5.74, 6) is 1.52. The van der Waals surface area contributed by atoms with Crippen molar-refractivity contribution in [3.05, 3.63) is 0 Å². The fourth-order valence-electron chi connectivity index (χ4n) is 1.85. The Morgan fingerprint density at radius 3 is 2.61 bits per heavy atom. The third-order valence-electron chi connectivity index (χ3n) is 2.89. The van der Waals surface area contributed by atoms with Gasteiger partial charge >= 0.3 is 0 Å². The van der Waals surface area contributed by atoms with E-state index in [1.807, 2.05) is 0 Å². The van der Waals surface area contributed by atoms with E-state index < -0.39 is 0 Å². The number of halogens is 1. The van der Waals surface area contributed by atoms with Crippen molar-refractivity contribution in [2.75, 3.05) is 26.2 Å². The molecular formula is C13H28IN3O. The van der Waals surface area contributed by atoms with Crippen molar-refractivity contribution in [3.63, 3.8) is 0 Å². The van der Waals surface area contributed by atoms with Gasteiger partial charge in [-0.15, -0.1) is 24.0 Å². The average molecular weight is 369 g/mol. The molecule has 1 unspecified atom stereocenters. The van der Waals surface area contributed by atoms with Crippen molar-refractivity contribution in [2.24, 2.45) is 10.9 Å². The smallest absolute Gasteiger partial charge is 0.191 e. The molecule has 0 aromatic rings. The van der Waals surface area contributed by atoms with Gasteiger partial charge in [0.05, 0.1) is 12.1 Å². The van der Waals surface area contributed by atoms with Crippen molar-refractivity contribution in [3.8, 4) is 0 Å². The quantitative estimate of drug-likeness (QED) is 0.444. The SMILES string of the molecule is CCNC(=NCC1(C)CCCO1)NCC(C)C.I. The monoisotopic (exact) mass is 369 g/mol. The van der Waals surface area contributed by atoms with Crippen molar-refractivity contribution in [2.45, 2.75) is 46.1 Å². The highest BCUT2D eigenvalue weighted by Crippen LogP contribution is 2.24. The Bertz CT molecular complexity index is 251. The summed E-state index contributed by atoms with van der Waals surface area (Å²) >= 11 is 0. The molecule has 0 aromatic heterocycles. The first-order valence-electron chi connectivity index (χ1n) is 6.72. The average Bonchev–Trinajstić information content (AvgIpc) is 2.70. The van der Waals surface area contributed by atoms with Gasteiger partial charge in [-0.3, -0.25) is 4.99 Å². The summed E-state index contributed by atoms with van der Waals surface area (Å²) in [7, 11) is 0. The minimum atomic E-state index is -0.0554. The molecule has 1 saturated heterocycles. The highest BCUT2D eigenvalue weighted by molar-refractivity contribution is 14.0. The maximum absolute atomic E-state index is 5.73. The molecular weight excluding hydrogens is 341 g/mol. The highest BCUT2D eigenvalue weighted by Gasteiger charge is 2.29. The lowest BCUT2D eigenvalue weighted by atomic mass is 10.0. The van der Waals surface area contributed by atoms with Crippen LogP contribution in [0.2, 0.25) is 0 Å². The van der Waals surface area contributed by atoms with Gasteiger partial charge in [-0.2, -0.15) is 0 Å². The molecule has 0 saturated carbocycles. The van der Waals surface area contributed by atoms with E-state index in [0.717, 1.165) is 45.0 Å². The minimum absolute atomic E-state index is 0. The summed E-state index contributed by atoms with van der Waals surface area (Å²) in [6.45, 7) is 12.1. The molecule has 1 aliphatic heterocycles. The number of aliphatic imine (C=N–C) groups is 1. The minimum Gasteiger partial charge on any atom is -0.373 e. The topological polar surface area (TPSA) is 45.7 Å². The molecule has 0 radical (unpaired) electrons. The molecule has 1 aliphatic rings. The summed E-state index contributed by atoms with van der Waals surface area (Å²) in [5.41, 5.74) is -0.0554. The van der Waals surface area contributed by atoms with Crippen LogP contribution in [0.15, 0.2) is 4.99 Å². The largest absolute Gasteiger partial charge is 0.373 e. The van der Waals surface area contributed by atoms with Crippen molar-refractivity contribution in [1.82, 2.24) is 10.6 Å². The first-order chi connectivity index (χ1) is 8.06. The van der Waals surface area contributed by atoms with E-state index in [2.05, 4.69) is 43.3 Å². The molecule has 0 bridgehead atoms. The maximum Gasteiger partial charge on any atom is 0.191 e. The number of hydrogen-bond donors (Lipinski definition) is 2. The lowest BCUT2D eigenvalue weighted by Gasteiger charge is -2.21. The molecule has 2 N–H and O–H groups in total. The second-order valence-electron chi connectivity index (χ2n) is 5.37. The lowest BCUT2D eigenvalue weighted by molar-refractivity contribution is 0.0283. The summed E-state index contributed by atoms with van der Waals surface area (Å²) < 4.78 is 5.73. The summed E-state index contributed by atoms with van der Waals surface area (Å²) in [4.78, 5) is 4.61. The van der Waals surface area contributed by atoms with Crippen LogP contribution in [-0.2, 0) is 4.74 Å². The molecule has 0 aliphatic carbocycles. The Morgan fingerprint density at radius 2 is 2.11 bits per heavy atom. The van der Waals surface area contributed by atoms with Crippen LogP contribution in [0, 0.1) is 5.92 Å². The predicted octanol–water partition coefficient (Wildman–Crippen LogP) is 2.38. The van der Waals surface area contributed by atoms with E-state index in [4.69, 9.17) is 4.74 Å². The van der Waals surface area contributed by atoms with Gasteiger partial charge < -0.3 is 15.4 Å². The Balaban J connectivity index is 0.00000289. The first-order valence-corrected chi connectivity index (χ1v) is 6.72. The van der Waals surface area contributed by atoms with Crippen LogP contribution in [0.3, 0.4) is 0 Å². The molecule has 5 heteroatoms. The molecule has 1 heterocycles. The molecule has 4 nitrogen and oxygen atoms in total. The van der Waals surface area contributed by atoms with Crippen LogP contribution >= 0.6 is 24.0 Å². The zero-order valence-electron chi connectivity index (χ0n) is 12.1. The van der Waals surface area contributed by atoms with Crippen molar-refractivity contribution in [1.29, 1.82) is 0 Å². The molecule has 0 spiro atoms. The predicted molar refractivity (Wildman–Crippen MR) is 87.8 cm³/mol. The second kappa shape index (κ2) is 8.96. The second-order valence-corrected chi connectivity index (χ2v) is 5.37. The normalized spacial score (nSPS) is 23.9. The van der Waals surface area contributed by atoms with Crippen LogP contribution in [0.4, 0.5) is 0 Å². The van der Waals surface area contributed by atoms with Crippen LogP contribution in [-0.4, -0.2) is 37.8 Å². The van der Waals surface area contributed by atoms with E-state index >= 15 is 0 Å². The van der Waals surface area contributed by atoms with Crippen LogP contribution in [0.5, 0.6) is 0 Å². The van der Waals surface area contributed by atoms with Crippen molar-refractivity contribution >= 4 is 29.9 Å². The van der Waals surface area contributed by atoms with Crippen LogP contribution < -0.4 is 10.6 Å². The fraction of sp³-hybridized carbons (Fsp3) is 0.923. The summed E-state index contributed by atoms with van der Waals surface area (Å²) in [6, 6.07) is 0. The molecule has 1 rings (SSSR count). The van der Waals surface area contributed by atoms with Gasteiger partial charge in [-0.05, 0) is 32.6 Å². The van der Waals surface area contributed by atoms with Gasteiger partial charge in [0, 0.05) is 19.7 Å². The van der Waals surface area contributed by atoms with Gasteiger partial charge in [0.15, 0.2) is 5.96 Å². The van der Waals surface area contributed by atoms with Crippen LogP contribution in [0.1, 0.15) is 40.5 Å². The maximum atomic E-state index is 5.73. The van der Waals surface area contributed by atoms with E-state index in [0.29, 0.717) is 5.92 Å². The zero-order chi connectivity index (χ0) is 12.7. The highest BCUT2D eigenvalue weighted by atomic mass is 127. The van der Waals surface area contributed by atoms with Gasteiger partial charge in [-0.1, -0.05) is 13.8 Å². The Kier molecular flexibility index (Phi) is 8.94. The number of rotatable bonds is 5. The third-order valence-corrected chi connectivity index (χ3v) is 2.89. The zero-order valence-corrected chi connectivity index (χ0v) is 14.4. The summed E-state index contributed by atoms with van der Waals surface area (Å²) in [6.07, 6.45) is 2.27. The molecule has 0 aromatic carbocycles. The third kappa shape index (κ3) is 6.78. The summed E-state index contributed by atoms with van der Waals surface area (Å²) in [5, 5.41) is 6.61. The van der Waals surface area contributed by atoms with Gasteiger partial charge in [0.1, 0.15) is 0 Å². The van der Waals surface area contributed by atoms with E-state index in [1.54, 1.807) is 0 Å². The molecule has 1 atom stereocenters. The number of nitrogens with one attached hydrogen (secondary N) is 2. The molecule has 1 fully saturated rings. The fourth-order valence-corrected chi connectivity index (χ4v) is 1.85. The Hall–Kier alpha value is -0.0400. The van der Waals surface area contributed by atoms with Crippen molar-refractivity contribution < 1.29 is 4.74 Å². The van der Waals surface area contributed by atoms with Gasteiger partial charge in [0.25, 0.3) is 0 Å². The standard InChI is InChI=1S/C13H27N3O.HI/c1-5-14-12(15-9-11(2)3)16-10-13(4)7-6-8-17-13;/h11H,5-10H2,1-4H3,(H2,14,15,16);1H. The van der Waals surface area contributed by atoms with Gasteiger partial charge in [-0.25, -0.2) is 0 Å². The van der Waals surface area contributed by atoms with E-state index in [-0.39, 0.29) is 29.6 Å². The molecule has 0 amide bonds. The number of ether oxygens (including phenoxy) is 1. The lowest BCUT2D eigenvalue weighted by Crippen LogP contribution is -2.40. The van der Waals surface area contributed by atoms with Crippen LogP contribution in [0.25, 0.3) is 0 Å². The number of guanidine groups is 1. The molecule has 108 valence electrons. The number of nitrogens with zero attached hydrogens (tertiary/aromatic N) is 1. The molecule has 18 heavy (non-hydrogen) atoms. The van der Waals surface area contributed by atoms with Gasteiger partial charge in [0.2, 0.25) is 0 Å². The number of hydrogen-bond acceptors (Lipinski definition) is 2. The Morgan fingerprint density at radius 1 is 1.39 bits per heavy atom. The van der Waals surface area contributed by atoms with E-state index in [9.17, 15) is 0 Å². The van der Waals surface area contributed by atoms with E-state index in [1.165, 1.54) is 0 Å². The first kappa shape index (κ1) is 18.0. The Labute approximate surface area is 128 Å².